The van der Waals surface area contributed by atoms with Crippen LogP contribution in [0.2, 0.25) is 0 Å². The summed E-state index contributed by atoms with van der Waals surface area (Å²) in [5.74, 6) is -0.898. The number of nitrogens with zero attached hydrogens (tertiary/aromatic N) is 4. The van der Waals surface area contributed by atoms with E-state index >= 15 is 0 Å². The Labute approximate surface area is 182 Å². The summed E-state index contributed by atoms with van der Waals surface area (Å²) in [5.41, 5.74) is 4.84. The fourth-order valence-corrected chi connectivity index (χ4v) is 4.14. The van der Waals surface area contributed by atoms with E-state index in [1.807, 2.05) is 6.07 Å². The second-order valence-corrected chi connectivity index (χ2v) is 7.78. The highest BCUT2D eigenvalue weighted by Crippen LogP contribution is 2.36. The van der Waals surface area contributed by atoms with Gasteiger partial charge in [-0.25, -0.2) is 23.7 Å². The first-order valence-corrected chi connectivity index (χ1v) is 10.3. The maximum Gasteiger partial charge on any atom is 0.227 e. The molecule has 2 aromatic heterocycles. The molecule has 4 aromatic rings. The van der Waals surface area contributed by atoms with Crippen LogP contribution in [0.5, 0.6) is 5.75 Å². The van der Waals surface area contributed by atoms with Crippen molar-refractivity contribution in [3.63, 3.8) is 0 Å². The minimum absolute atomic E-state index is 0.00130. The fraction of sp³-hybridized carbons (Fsp3) is 0.174. The average Bonchev–Trinajstić information content (AvgIpc) is 3.30. The molecule has 0 saturated carbocycles. The molecule has 2 aliphatic rings. The predicted molar refractivity (Wildman–Crippen MR) is 114 cm³/mol. The number of fused-ring (bicyclic) bond motifs is 4. The molecule has 0 bridgehead atoms. The Morgan fingerprint density at radius 1 is 1.06 bits per heavy atom. The van der Waals surface area contributed by atoms with E-state index in [4.69, 9.17) is 4.74 Å². The molecule has 0 saturated heterocycles. The predicted octanol–water partition coefficient (Wildman–Crippen LogP) is 3.89. The SMILES string of the molecule is Fc1cnc(Nc2ccc3c(c2)CCNC3)nc1-c1cc(F)c2c(c1)-n1cncc1CO2. The zero-order valence-electron chi connectivity index (χ0n) is 16.9. The van der Waals surface area contributed by atoms with Crippen molar-refractivity contribution < 1.29 is 13.5 Å². The van der Waals surface area contributed by atoms with E-state index in [9.17, 15) is 8.78 Å². The van der Waals surface area contributed by atoms with Crippen molar-refractivity contribution >= 4 is 11.6 Å². The van der Waals surface area contributed by atoms with Gasteiger partial charge in [-0.2, -0.15) is 0 Å². The van der Waals surface area contributed by atoms with Gasteiger partial charge in [0.25, 0.3) is 0 Å². The van der Waals surface area contributed by atoms with Crippen LogP contribution in [0.25, 0.3) is 16.9 Å². The highest BCUT2D eigenvalue weighted by molar-refractivity contribution is 5.69. The summed E-state index contributed by atoms with van der Waals surface area (Å²) in [5, 5.41) is 6.48. The minimum Gasteiger partial charge on any atom is -0.482 e. The van der Waals surface area contributed by atoms with Crippen LogP contribution in [-0.2, 0) is 19.6 Å². The second kappa shape index (κ2) is 7.38. The number of imidazole rings is 1. The third-order valence-electron chi connectivity index (χ3n) is 5.73. The third-order valence-corrected chi connectivity index (χ3v) is 5.73. The molecule has 0 amide bonds. The molecule has 0 spiro atoms. The smallest absolute Gasteiger partial charge is 0.227 e. The molecular formula is C23H18F2N6O. The molecule has 2 aromatic carbocycles. The summed E-state index contributed by atoms with van der Waals surface area (Å²) in [6.45, 7) is 2.00. The number of benzene rings is 2. The lowest BCUT2D eigenvalue weighted by atomic mass is 10.0. The Kier molecular flexibility index (Phi) is 4.36. The second-order valence-electron chi connectivity index (χ2n) is 7.78. The zero-order valence-corrected chi connectivity index (χ0v) is 16.9. The standard InChI is InChI=1S/C23H18F2N6O/c24-18-6-15(7-20-22(18)32-11-17-9-27-12-31(17)20)21-19(25)10-28-23(30-21)29-16-2-1-14-8-26-4-3-13(14)5-16/h1-2,5-7,9-10,12,26H,3-4,8,11H2,(H,28,29,30). The third kappa shape index (κ3) is 3.18. The van der Waals surface area contributed by atoms with Crippen LogP contribution in [0.15, 0.2) is 49.1 Å². The molecule has 6 rings (SSSR count). The lowest BCUT2D eigenvalue weighted by molar-refractivity contribution is 0.270. The molecule has 160 valence electrons. The van der Waals surface area contributed by atoms with Gasteiger partial charge in [0.15, 0.2) is 17.4 Å². The molecule has 2 aliphatic heterocycles. The van der Waals surface area contributed by atoms with E-state index in [0.717, 1.165) is 37.1 Å². The van der Waals surface area contributed by atoms with Crippen molar-refractivity contribution in [1.29, 1.82) is 0 Å². The number of aromatic nitrogens is 4. The average molecular weight is 432 g/mol. The first kappa shape index (κ1) is 18.9. The van der Waals surface area contributed by atoms with Crippen LogP contribution in [-0.4, -0.2) is 26.1 Å². The van der Waals surface area contributed by atoms with Gasteiger partial charge in [0.1, 0.15) is 12.3 Å². The molecule has 0 atom stereocenters. The monoisotopic (exact) mass is 432 g/mol. The highest BCUT2D eigenvalue weighted by atomic mass is 19.1. The van der Waals surface area contributed by atoms with E-state index in [-0.39, 0.29) is 29.6 Å². The van der Waals surface area contributed by atoms with Crippen molar-refractivity contribution in [2.24, 2.45) is 0 Å². The molecule has 7 nitrogen and oxygen atoms in total. The van der Waals surface area contributed by atoms with Gasteiger partial charge in [0.2, 0.25) is 5.95 Å². The normalized spacial score (nSPS) is 14.2. The van der Waals surface area contributed by atoms with Crippen LogP contribution in [0.3, 0.4) is 0 Å². The number of halogens is 2. The molecule has 0 aliphatic carbocycles. The van der Waals surface area contributed by atoms with E-state index in [1.165, 1.54) is 17.2 Å². The first-order chi connectivity index (χ1) is 15.7. The maximum absolute atomic E-state index is 14.8. The molecule has 2 N–H and O–H groups in total. The van der Waals surface area contributed by atoms with Crippen LogP contribution < -0.4 is 15.4 Å². The molecule has 0 fully saturated rings. The van der Waals surface area contributed by atoms with Crippen LogP contribution >= 0.6 is 0 Å². The van der Waals surface area contributed by atoms with E-state index in [2.05, 4.69) is 37.7 Å². The first-order valence-electron chi connectivity index (χ1n) is 10.3. The number of hydrogen-bond donors (Lipinski definition) is 2. The van der Waals surface area contributed by atoms with Crippen LogP contribution in [0.1, 0.15) is 16.8 Å². The maximum atomic E-state index is 14.8. The summed E-state index contributed by atoms with van der Waals surface area (Å²) in [6.07, 6.45) is 5.25. The molecule has 9 heteroatoms. The van der Waals surface area contributed by atoms with E-state index in [1.54, 1.807) is 23.2 Å². The van der Waals surface area contributed by atoms with E-state index < -0.39 is 11.6 Å². The summed E-state index contributed by atoms with van der Waals surface area (Å²) in [6, 6.07) is 8.91. The molecular weight excluding hydrogens is 414 g/mol. The van der Waals surface area contributed by atoms with Crippen LogP contribution in [0.4, 0.5) is 20.4 Å². The quantitative estimate of drug-likeness (QED) is 0.512. The van der Waals surface area contributed by atoms with Crippen LogP contribution in [0, 0.1) is 11.6 Å². The van der Waals surface area contributed by atoms with E-state index in [0.29, 0.717) is 5.69 Å². The molecule has 0 unspecified atom stereocenters. The number of hydrogen-bond acceptors (Lipinski definition) is 6. The minimum atomic E-state index is -0.644. The largest absolute Gasteiger partial charge is 0.482 e. The molecule has 4 heterocycles. The molecule has 0 radical (unpaired) electrons. The lowest BCUT2D eigenvalue weighted by Gasteiger charge is -2.21. The van der Waals surface area contributed by atoms with Gasteiger partial charge in [-0.05, 0) is 48.4 Å². The van der Waals surface area contributed by atoms with Gasteiger partial charge in [-0.3, -0.25) is 4.57 Å². The Balaban J connectivity index is 1.37. The zero-order chi connectivity index (χ0) is 21.7. The molecule has 32 heavy (non-hydrogen) atoms. The van der Waals surface area contributed by atoms with Crippen molar-refractivity contribution in [1.82, 2.24) is 24.8 Å². The number of nitrogens with one attached hydrogen (secondary N) is 2. The van der Waals surface area contributed by atoms with Crippen molar-refractivity contribution in [3.05, 3.63) is 77.5 Å². The van der Waals surface area contributed by atoms with Gasteiger partial charge in [-0.15, -0.1) is 0 Å². The Morgan fingerprint density at radius 2 is 2.00 bits per heavy atom. The summed E-state index contributed by atoms with van der Waals surface area (Å²) < 4.78 is 36.8. The van der Waals surface area contributed by atoms with Gasteiger partial charge < -0.3 is 15.4 Å². The lowest BCUT2D eigenvalue weighted by Crippen LogP contribution is -2.23. The van der Waals surface area contributed by atoms with Crippen molar-refractivity contribution in [2.45, 2.75) is 19.6 Å². The van der Waals surface area contributed by atoms with Gasteiger partial charge in [-0.1, -0.05) is 6.07 Å². The van der Waals surface area contributed by atoms with Crippen molar-refractivity contribution in [3.8, 4) is 22.7 Å². The highest BCUT2D eigenvalue weighted by Gasteiger charge is 2.23. The Morgan fingerprint density at radius 3 is 2.94 bits per heavy atom. The number of anilines is 2. The summed E-state index contributed by atoms with van der Waals surface area (Å²) in [7, 11) is 0. The fourth-order valence-electron chi connectivity index (χ4n) is 4.14. The van der Waals surface area contributed by atoms with Gasteiger partial charge in [0.05, 0.1) is 30.1 Å². The Bertz CT molecular complexity index is 1350. The Hall–Kier alpha value is -3.85. The summed E-state index contributed by atoms with van der Waals surface area (Å²) >= 11 is 0. The van der Waals surface area contributed by atoms with Gasteiger partial charge in [0, 0.05) is 17.8 Å². The number of rotatable bonds is 3. The van der Waals surface area contributed by atoms with Gasteiger partial charge >= 0.3 is 0 Å². The van der Waals surface area contributed by atoms with Crippen molar-refractivity contribution in [2.75, 3.05) is 11.9 Å². The summed E-state index contributed by atoms with van der Waals surface area (Å²) in [4.78, 5) is 12.5. The topological polar surface area (TPSA) is 76.9 Å². The number of ether oxygens (including phenoxy) is 1.